The first kappa shape index (κ1) is 16.3. The van der Waals surface area contributed by atoms with Gasteiger partial charge in [-0.3, -0.25) is 0 Å². The molecule has 7 heteroatoms. The number of benzene rings is 1. The third kappa shape index (κ3) is 3.58. The van der Waals surface area contributed by atoms with Gasteiger partial charge in [0.05, 0.1) is 17.0 Å². The van der Waals surface area contributed by atoms with Crippen molar-refractivity contribution in [3.8, 4) is 11.8 Å². The van der Waals surface area contributed by atoms with Gasteiger partial charge in [-0.2, -0.15) is 16.1 Å². The number of halogens is 1. The Labute approximate surface area is 128 Å². The molecule has 1 aliphatic rings. The quantitative estimate of drug-likeness (QED) is 0.849. The van der Waals surface area contributed by atoms with Crippen molar-refractivity contribution < 1.29 is 12.8 Å². The molecular weight excluding hydrogens is 311 g/mol. The van der Waals surface area contributed by atoms with Gasteiger partial charge < -0.3 is 5.73 Å². The maximum Gasteiger partial charge on any atom is 0.243 e. The lowest BCUT2D eigenvalue weighted by atomic mass is 10.2. The van der Waals surface area contributed by atoms with Gasteiger partial charge in [-0.15, -0.1) is 0 Å². The topological polar surface area (TPSA) is 63.4 Å². The van der Waals surface area contributed by atoms with E-state index in [1.54, 1.807) is 18.8 Å². The second-order valence-corrected chi connectivity index (χ2v) is 7.83. The maximum absolute atomic E-state index is 13.9. The van der Waals surface area contributed by atoms with Crippen molar-refractivity contribution in [1.82, 2.24) is 4.31 Å². The van der Waals surface area contributed by atoms with Crippen LogP contribution in [0.3, 0.4) is 0 Å². The molecule has 1 saturated heterocycles. The lowest BCUT2D eigenvalue weighted by Crippen LogP contribution is -2.37. The zero-order valence-corrected chi connectivity index (χ0v) is 13.3. The van der Waals surface area contributed by atoms with E-state index in [0.717, 1.165) is 24.0 Å². The summed E-state index contributed by atoms with van der Waals surface area (Å²) >= 11 is 1.73. The zero-order valence-electron chi connectivity index (χ0n) is 11.7. The Balaban J connectivity index is 2.30. The average Bonchev–Trinajstić information content (AvgIpc) is 2.99. The van der Waals surface area contributed by atoms with Crippen molar-refractivity contribution in [2.75, 3.05) is 25.1 Å². The molecule has 2 rings (SSSR count). The van der Waals surface area contributed by atoms with Gasteiger partial charge in [-0.1, -0.05) is 11.8 Å². The summed E-state index contributed by atoms with van der Waals surface area (Å²) in [5, 5.41) is 0. The molecule has 4 nitrogen and oxygen atoms in total. The Kier molecular flexibility index (Phi) is 5.27. The average molecular weight is 328 g/mol. The summed E-state index contributed by atoms with van der Waals surface area (Å²) in [5.41, 5.74) is 5.39. The molecule has 1 atom stereocenters. The van der Waals surface area contributed by atoms with Crippen LogP contribution in [0.2, 0.25) is 0 Å². The summed E-state index contributed by atoms with van der Waals surface area (Å²) in [6.45, 7) is 0.127. The van der Waals surface area contributed by atoms with Crippen LogP contribution in [-0.4, -0.2) is 43.9 Å². The molecule has 2 N–H and O–H groups in total. The highest BCUT2D eigenvalue weighted by molar-refractivity contribution is 7.99. The molecule has 1 unspecified atom stereocenters. The first-order valence-corrected chi connectivity index (χ1v) is 9.10. The fraction of sp³-hybridized carbons (Fsp3) is 0.429. The molecule has 0 saturated carbocycles. The van der Waals surface area contributed by atoms with Gasteiger partial charge in [-0.05, 0) is 30.4 Å². The smallest absolute Gasteiger partial charge is 0.243 e. The maximum atomic E-state index is 13.9. The predicted molar refractivity (Wildman–Crippen MR) is 83.0 cm³/mol. The van der Waals surface area contributed by atoms with Crippen LogP contribution < -0.4 is 5.73 Å². The lowest BCUT2D eigenvalue weighted by molar-refractivity contribution is 0.394. The fourth-order valence-electron chi connectivity index (χ4n) is 2.08. The molecule has 0 amide bonds. The summed E-state index contributed by atoms with van der Waals surface area (Å²) in [5.74, 6) is 6.20. The third-order valence-corrected chi connectivity index (χ3v) is 6.41. The number of hydrogen-bond acceptors (Lipinski definition) is 4. The van der Waals surface area contributed by atoms with Crippen LogP contribution in [0.4, 0.5) is 4.39 Å². The van der Waals surface area contributed by atoms with E-state index in [1.165, 1.54) is 16.4 Å². The van der Waals surface area contributed by atoms with Crippen LogP contribution in [0.5, 0.6) is 0 Å². The van der Waals surface area contributed by atoms with Crippen LogP contribution in [-0.2, 0) is 10.0 Å². The van der Waals surface area contributed by atoms with E-state index in [-0.39, 0.29) is 23.0 Å². The first-order valence-electron chi connectivity index (χ1n) is 6.51. The Hall–Kier alpha value is -1.07. The second kappa shape index (κ2) is 6.79. The Morgan fingerprint density at radius 2 is 2.29 bits per heavy atom. The molecular formula is C14H17FN2O2S2. The lowest BCUT2D eigenvalue weighted by Gasteiger charge is -2.23. The highest BCUT2D eigenvalue weighted by atomic mass is 32.2. The first-order chi connectivity index (χ1) is 9.96. The summed E-state index contributed by atoms with van der Waals surface area (Å²) in [6, 6.07) is 3.76. The van der Waals surface area contributed by atoms with Crippen LogP contribution >= 0.6 is 11.8 Å². The number of nitrogens with zero attached hydrogens (tertiary/aromatic N) is 1. The Bertz CT molecular complexity index is 674. The van der Waals surface area contributed by atoms with Crippen molar-refractivity contribution in [3.05, 3.63) is 29.6 Å². The van der Waals surface area contributed by atoms with E-state index < -0.39 is 15.8 Å². The summed E-state index contributed by atoms with van der Waals surface area (Å²) in [7, 11) is -2.13. The Morgan fingerprint density at radius 3 is 2.86 bits per heavy atom. The van der Waals surface area contributed by atoms with E-state index >= 15 is 0 Å². The predicted octanol–water partition coefficient (Wildman–Crippen LogP) is 1.26. The van der Waals surface area contributed by atoms with Gasteiger partial charge in [0.2, 0.25) is 10.0 Å². The number of rotatable bonds is 3. The molecule has 0 aromatic heterocycles. The number of sulfonamides is 1. The molecule has 1 aromatic rings. The normalized spacial score (nSPS) is 18.6. The van der Waals surface area contributed by atoms with Crippen molar-refractivity contribution in [2.45, 2.75) is 17.4 Å². The molecule has 21 heavy (non-hydrogen) atoms. The zero-order chi connectivity index (χ0) is 15.5. The van der Waals surface area contributed by atoms with Gasteiger partial charge >= 0.3 is 0 Å². The molecule has 0 spiro atoms. The molecule has 1 aliphatic heterocycles. The SMILES string of the molecule is CN(C1CCSC1)S(=O)(=O)c1ccc(C#CCN)c(F)c1. The van der Waals surface area contributed by atoms with Gasteiger partial charge in [-0.25, -0.2) is 12.8 Å². The van der Waals surface area contributed by atoms with Gasteiger partial charge in [0.15, 0.2) is 0 Å². The van der Waals surface area contributed by atoms with Crippen LogP contribution in [0.1, 0.15) is 12.0 Å². The van der Waals surface area contributed by atoms with Crippen LogP contribution in [0, 0.1) is 17.7 Å². The number of hydrogen-bond donors (Lipinski definition) is 1. The van der Waals surface area contributed by atoms with E-state index in [2.05, 4.69) is 11.8 Å². The summed E-state index contributed by atoms with van der Waals surface area (Å²) in [6.07, 6.45) is 0.822. The van der Waals surface area contributed by atoms with Crippen LogP contribution in [0.15, 0.2) is 23.1 Å². The van der Waals surface area contributed by atoms with Gasteiger partial charge in [0, 0.05) is 18.8 Å². The van der Waals surface area contributed by atoms with Crippen LogP contribution in [0.25, 0.3) is 0 Å². The molecule has 1 aromatic carbocycles. The van der Waals surface area contributed by atoms with Crippen molar-refractivity contribution >= 4 is 21.8 Å². The minimum absolute atomic E-state index is 0.0280. The molecule has 0 aliphatic carbocycles. The largest absolute Gasteiger partial charge is 0.320 e. The molecule has 114 valence electrons. The summed E-state index contributed by atoms with van der Waals surface area (Å²) < 4.78 is 40.2. The van der Waals surface area contributed by atoms with E-state index in [9.17, 15) is 12.8 Å². The van der Waals surface area contributed by atoms with Crippen molar-refractivity contribution in [2.24, 2.45) is 5.73 Å². The standard InChI is InChI=1S/C14H17FN2O2S2/c1-17(12-6-8-20-10-12)21(18,19)13-5-4-11(3-2-7-16)14(15)9-13/h4-5,9,12H,6-8,10,16H2,1H3. The van der Waals surface area contributed by atoms with Gasteiger partial charge in [0.1, 0.15) is 5.82 Å². The highest BCUT2D eigenvalue weighted by Crippen LogP contribution is 2.26. The monoisotopic (exact) mass is 328 g/mol. The number of nitrogens with two attached hydrogens (primary N) is 1. The van der Waals surface area contributed by atoms with Crippen molar-refractivity contribution in [3.63, 3.8) is 0 Å². The second-order valence-electron chi connectivity index (χ2n) is 4.69. The van der Waals surface area contributed by atoms with E-state index in [1.807, 2.05) is 0 Å². The van der Waals surface area contributed by atoms with E-state index in [4.69, 9.17) is 5.73 Å². The molecule has 1 heterocycles. The molecule has 0 bridgehead atoms. The third-order valence-electron chi connectivity index (χ3n) is 3.36. The molecule has 1 fully saturated rings. The molecule has 0 radical (unpaired) electrons. The van der Waals surface area contributed by atoms with Crippen molar-refractivity contribution in [1.29, 1.82) is 0 Å². The number of thioether (sulfide) groups is 1. The van der Waals surface area contributed by atoms with E-state index in [0.29, 0.717) is 0 Å². The van der Waals surface area contributed by atoms with Gasteiger partial charge in [0.25, 0.3) is 0 Å². The minimum Gasteiger partial charge on any atom is -0.320 e. The Morgan fingerprint density at radius 1 is 1.52 bits per heavy atom. The summed E-state index contributed by atoms with van der Waals surface area (Å²) in [4.78, 5) is -0.0438. The fourth-order valence-corrected chi connectivity index (χ4v) is 4.83. The highest BCUT2D eigenvalue weighted by Gasteiger charge is 2.30. The minimum atomic E-state index is -3.68.